The summed E-state index contributed by atoms with van der Waals surface area (Å²) < 4.78 is 0. The van der Waals surface area contributed by atoms with Gasteiger partial charge in [0.2, 0.25) is 17.7 Å². The molecule has 128 valence electrons. The van der Waals surface area contributed by atoms with Crippen molar-refractivity contribution in [2.24, 2.45) is 16.2 Å². The molecule has 1 aliphatic heterocycles. The topological polar surface area (TPSA) is 87.3 Å². The van der Waals surface area contributed by atoms with Gasteiger partial charge in [0, 0.05) is 10.8 Å². The Morgan fingerprint density at radius 3 is 2.04 bits per heavy atom. The van der Waals surface area contributed by atoms with E-state index in [4.69, 9.17) is 0 Å². The van der Waals surface area contributed by atoms with Gasteiger partial charge in [-0.3, -0.25) is 30.6 Å². The van der Waals surface area contributed by atoms with Crippen molar-refractivity contribution < 1.29 is 14.4 Å². The van der Waals surface area contributed by atoms with Gasteiger partial charge < -0.3 is 0 Å². The number of benzene rings is 1. The number of rotatable bonds is 3. The zero-order valence-electron chi connectivity index (χ0n) is 14.2. The molecule has 1 saturated heterocycles. The van der Waals surface area contributed by atoms with Crippen LogP contribution in [0.3, 0.4) is 0 Å². The standard InChI is InChI=1S/C18H23N3O3/c1-16-9-17(2,14(23)19-13(16)22)11-18(3,10-16)15(24)21-20-12-7-5-4-6-8-12/h4-8,20H,9-11H2,1-3H3,(H,21,24)(H,19,22,23). The Hall–Kier alpha value is -2.37. The van der Waals surface area contributed by atoms with E-state index in [1.165, 1.54) is 0 Å². The van der Waals surface area contributed by atoms with Crippen molar-refractivity contribution in [1.29, 1.82) is 0 Å². The van der Waals surface area contributed by atoms with Crippen LogP contribution in [-0.4, -0.2) is 17.7 Å². The van der Waals surface area contributed by atoms with Gasteiger partial charge in [-0.05, 0) is 31.4 Å². The van der Waals surface area contributed by atoms with Crippen LogP contribution < -0.4 is 16.2 Å². The molecule has 0 radical (unpaired) electrons. The van der Waals surface area contributed by atoms with E-state index in [0.717, 1.165) is 5.69 Å². The van der Waals surface area contributed by atoms with E-state index in [9.17, 15) is 14.4 Å². The number of nitrogens with one attached hydrogen (secondary N) is 3. The number of imide groups is 1. The Bertz CT molecular complexity index is 675. The third-order valence-corrected chi connectivity index (χ3v) is 5.31. The first-order valence-corrected chi connectivity index (χ1v) is 8.14. The predicted molar refractivity (Wildman–Crippen MR) is 89.5 cm³/mol. The lowest BCUT2D eigenvalue weighted by Crippen LogP contribution is -2.63. The van der Waals surface area contributed by atoms with Crippen LogP contribution >= 0.6 is 0 Å². The smallest absolute Gasteiger partial charge is 0.244 e. The minimum atomic E-state index is -0.795. The second-order valence-corrected chi connectivity index (χ2v) is 7.94. The molecule has 2 atom stereocenters. The lowest BCUT2D eigenvalue weighted by atomic mass is 9.52. The van der Waals surface area contributed by atoms with Crippen molar-refractivity contribution in [2.75, 3.05) is 5.43 Å². The summed E-state index contributed by atoms with van der Waals surface area (Å²) in [5.41, 5.74) is 4.19. The van der Waals surface area contributed by atoms with Crippen LogP contribution in [-0.2, 0) is 14.4 Å². The first-order valence-electron chi connectivity index (χ1n) is 8.14. The van der Waals surface area contributed by atoms with Crippen molar-refractivity contribution in [3.8, 4) is 0 Å². The maximum Gasteiger partial charge on any atom is 0.244 e. The number of fused-ring (bicyclic) bond motifs is 2. The molecule has 1 heterocycles. The molecule has 2 aliphatic rings. The zero-order chi connectivity index (χ0) is 17.6. The molecule has 2 bridgehead atoms. The first-order chi connectivity index (χ1) is 11.2. The third kappa shape index (κ3) is 2.66. The Labute approximate surface area is 141 Å². The highest BCUT2D eigenvalue weighted by Crippen LogP contribution is 2.56. The van der Waals surface area contributed by atoms with Crippen LogP contribution in [0.15, 0.2) is 30.3 Å². The third-order valence-electron chi connectivity index (χ3n) is 5.31. The molecule has 6 nitrogen and oxygen atoms in total. The Kier molecular flexibility index (Phi) is 3.66. The quantitative estimate of drug-likeness (QED) is 0.584. The molecule has 0 spiro atoms. The first kappa shape index (κ1) is 16.5. The normalized spacial score (nSPS) is 35.1. The Morgan fingerprint density at radius 1 is 0.958 bits per heavy atom. The van der Waals surface area contributed by atoms with E-state index in [1.807, 2.05) is 51.1 Å². The van der Waals surface area contributed by atoms with E-state index >= 15 is 0 Å². The highest BCUT2D eigenvalue weighted by Gasteiger charge is 2.60. The average Bonchev–Trinajstić information content (AvgIpc) is 2.51. The number of amides is 3. The Morgan fingerprint density at radius 2 is 1.50 bits per heavy atom. The van der Waals surface area contributed by atoms with E-state index in [1.54, 1.807) is 0 Å². The fourth-order valence-electron chi connectivity index (χ4n) is 4.46. The van der Waals surface area contributed by atoms with Crippen molar-refractivity contribution in [2.45, 2.75) is 40.0 Å². The number of carbonyl (C=O) groups is 3. The molecule has 6 heteroatoms. The highest BCUT2D eigenvalue weighted by molar-refractivity contribution is 6.04. The Balaban J connectivity index is 1.80. The summed E-state index contributed by atoms with van der Waals surface area (Å²) in [6.07, 6.45) is 1.31. The largest absolute Gasteiger partial charge is 0.299 e. The number of para-hydroxylation sites is 1. The number of piperidine rings is 1. The van der Waals surface area contributed by atoms with Gasteiger partial charge in [0.05, 0.1) is 11.1 Å². The van der Waals surface area contributed by atoms with Crippen LogP contribution in [0.25, 0.3) is 0 Å². The molecule has 1 saturated carbocycles. The number of carbonyl (C=O) groups excluding carboxylic acids is 3. The molecule has 24 heavy (non-hydrogen) atoms. The summed E-state index contributed by atoms with van der Waals surface area (Å²) in [7, 11) is 0. The monoisotopic (exact) mass is 329 g/mol. The van der Waals surface area contributed by atoms with Gasteiger partial charge in [-0.15, -0.1) is 0 Å². The lowest BCUT2D eigenvalue weighted by molar-refractivity contribution is -0.164. The van der Waals surface area contributed by atoms with Gasteiger partial charge in [0.15, 0.2) is 0 Å². The summed E-state index contributed by atoms with van der Waals surface area (Å²) in [5, 5.41) is 2.47. The molecule has 2 unspecified atom stereocenters. The number of hydrogen-bond donors (Lipinski definition) is 3. The van der Waals surface area contributed by atoms with Crippen LogP contribution in [0, 0.1) is 16.2 Å². The van der Waals surface area contributed by atoms with E-state index in [2.05, 4.69) is 16.2 Å². The number of hydrogen-bond acceptors (Lipinski definition) is 4. The maximum atomic E-state index is 12.8. The minimum absolute atomic E-state index is 0.203. The molecular formula is C18H23N3O3. The van der Waals surface area contributed by atoms with Gasteiger partial charge in [0.1, 0.15) is 0 Å². The van der Waals surface area contributed by atoms with E-state index in [0.29, 0.717) is 19.3 Å². The molecule has 1 aromatic carbocycles. The summed E-state index contributed by atoms with van der Waals surface area (Å²) in [5.74, 6) is -0.759. The second kappa shape index (κ2) is 5.33. The second-order valence-electron chi connectivity index (χ2n) is 7.94. The summed E-state index contributed by atoms with van der Waals surface area (Å²) >= 11 is 0. The fraction of sp³-hybridized carbons (Fsp3) is 0.500. The molecule has 3 N–H and O–H groups in total. The van der Waals surface area contributed by atoms with Crippen molar-refractivity contribution >= 4 is 23.4 Å². The maximum absolute atomic E-state index is 12.8. The summed E-state index contributed by atoms with van der Waals surface area (Å²) in [4.78, 5) is 37.4. The van der Waals surface area contributed by atoms with Crippen molar-refractivity contribution in [3.05, 3.63) is 30.3 Å². The van der Waals surface area contributed by atoms with Crippen molar-refractivity contribution in [1.82, 2.24) is 10.7 Å². The molecule has 1 aromatic rings. The van der Waals surface area contributed by atoms with Crippen LogP contribution in [0.1, 0.15) is 40.0 Å². The van der Waals surface area contributed by atoms with Gasteiger partial charge >= 0.3 is 0 Å². The molecule has 2 fully saturated rings. The fourth-order valence-corrected chi connectivity index (χ4v) is 4.46. The predicted octanol–water partition coefficient (Wildman–Crippen LogP) is 1.99. The molecule has 1 aliphatic carbocycles. The van der Waals surface area contributed by atoms with E-state index < -0.39 is 16.2 Å². The van der Waals surface area contributed by atoms with Gasteiger partial charge in [-0.25, -0.2) is 0 Å². The summed E-state index contributed by atoms with van der Waals surface area (Å²) in [6, 6.07) is 9.32. The molecule has 3 rings (SSSR count). The molecular weight excluding hydrogens is 306 g/mol. The SMILES string of the molecule is CC1(C(=O)NNc2ccccc2)CC2(C)CC(C)(C1)C(=O)NC2=O. The van der Waals surface area contributed by atoms with E-state index in [-0.39, 0.29) is 17.7 Å². The molecule has 3 amide bonds. The van der Waals surface area contributed by atoms with Crippen LogP contribution in [0.5, 0.6) is 0 Å². The summed E-state index contributed by atoms with van der Waals surface area (Å²) in [6.45, 7) is 5.50. The van der Waals surface area contributed by atoms with Crippen molar-refractivity contribution in [3.63, 3.8) is 0 Å². The lowest BCUT2D eigenvalue weighted by Gasteiger charge is -2.53. The average molecular weight is 329 g/mol. The van der Waals surface area contributed by atoms with Gasteiger partial charge in [0.25, 0.3) is 0 Å². The number of anilines is 1. The van der Waals surface area contributed by atoms with Gasteiger partial charge in [-0.2, -0.15) is 0 Å². The van der Waals surface area contributed by atoms with Gasteiger partial charge in [-0.1, -0.05) is 39.0 Å². The molecule has 0 aromatic heterocycles. The number of hydrazine groups is 1. The van der Waals surface area contributed by atoms with Crippen LogP contribution in [0.2, 0.25) is 0 Å². The highest BCUT2D eigenvalue weighted by atomic mass is 16.2. The zero-order valence-corrected chi connectivity index (χ0v) is 14.2. The minimum Gasteiger partial charge on any atom is -0.299 e. The van der Waals surface area contributed by atoms with Crippen LogP contribution in [0.4, 0.5) is 5.69 Å².